The van der Waals surface area contributed by atoms with Crippen molar-refractivity contribution in [2.45, 2.75) is 83.8 Å². The van der Waals surface area contributed by atoms with Gasteiger partial charge in [0.15, 0.2) is 0 Å². The monoisotopic (exact) mass is 366 g/mol. The molecular weight excluding hydrogens is 332 g/mol. The zero-order valence-electron chi connectivity index (χ0n) is 16.6. The molecule has 0 spiro atoms. The lowest BCUT2D eigenvalue weighted by Crippen LogP contribution is -2.62. The van der Waals surface area contributed by atoms with E-state index >= 15 is 0 Å². The highest BCUT2D eigenvalue weighted by Gasteiger charge is 2.61. The maximum Gasteiger partial charge on any atom is 0.306 e. The Kier molecular flexibility index (Phi) is 5.02. The molecule has 6 atom stereocenters. The summed E-state index contributed by atoms with van der Waals surface area (Å²) in [6.07, 6.45) is 5.39. The Balaban J connectivity index is 1.93. The number of fused-ring (bicyclic) bond motifs is 4. The molecule has 2 bridgehead atoms. The van der Waals surface area contributed by atoms with Crippen LogP contribution in [0.3, 0.4) is 0 Å². The first-order valence-electron chi connectivity index (χ1n) is 10.1. The number of aliphatic hydroxyl groups is 2. The van der Waals surface area contributed by atoms with E-state index in [2.05, 4.69) is 6.92 Å². The van der Waals surface area contributed by atoms with Gasteiger partial charge in [0.05, 0.1) is 18.6 Å². The minimum atomic E-state index is -1.38. The molecule has 5 heteroatoms. The van der Waals surface area contributed by atoms with Gasteiger partial charge in [-0.15, -0.1) is 0 Å². The summed E-state index contributed by atoms with van der Waals surface area (Å²) in [5.74, 6) is -1.13. The average molecular weight is 366 g/mol. The zero-order chi connectivity index (χ0) is 19.3. The number of carbonyl (C=O) groups excluding carboxylic acids is 2. The fraction of sp³-hybridized carbons (Fsp3) is 0.905. The second-order valence-electron chi connectivity index (χ2n) is 10.2. The quantitative estimate of drug-likeness (QED) is 0.751. The summed E-state index contributed by atoms with van der Waals surface area (Å²) in [4.78, 5) is 25.7. The number of ether oxygens (including phenoxy) is 1. The highest BCUT2D eigenvalue weighted by atomic mass is 16.6. The summed E-state index contributed by atoms with van der Waals surface area (Å²) in [6.45, 7) is 7.29. The number of hydrogen-bond donors (Lipinski definition) is 2. The Labute approximate surface area is 156 Å². The molecule has 0 heterocycles. The van der Waals surface area contributed by atoms with Crippen LogP contribution < -0.4 is 0 Å². The lowest BCUT2D eigenvalue weighted by Gasteiger charge is -2.59. The fourth-order valence-corrected chi connectivity index (χ4v) is 6.05. The Morgan fingerprint density at radius 2 is 1.96 bits per heavy atom. The van der Waals surface area contributed by atoms with Gasteiger partial charge in [-0.1, -0.05) is 19.8 Å². The minimum absolute atomic E-state index is 0.00988. The number of carbonyl (C=O) groups is 2. The molecule has 3 saturated carbocycles. The van der Waals surface area contributed by atoms with Gasteiger partial charge in [0.2, 0.25) is 0 Å². The van der Waals surface area contributed by atoms with Gasteiger partial charge in [-0.3, -0.25) is 9.59 Å². The fourth-order valence-electron chi connectivity index (χ4n) is 6.05. The Hall–Kier alpha value is -0.940. The highest BCUT2D eigenvalue weighted by molar-refractivity contribution is 5.87. The molecule has 3 aliphatic carbocycles. The van der Waals surface area contributed by atoms with Crippen LogP contribution >= 0.6 is 0 Å². The largest absolute Gasteiger partial charge is 0.460 e. The predicted octanol–water partition coefficient (Wildman–Crippen LogP) is 2.86. The highest BCUT2D eigenvalue weighted by Crippen LogP contribution is 2.60. The molecule has 3 fully saturated rings. The summed E-state index contributed by atoms with van der Waals surface area (Å²) in [5.41, 5.74) is -1.88. The molecule has 0 aromatic heterocycles. The van der Waals surface area contributed by atoms with E-state index in [1.165, 1.54) is 6.42 Å². The van der Waals surface area contributed by atoms with Crippen molar-refractivity contribution in [1.29, 1.82) is 0 Å². The van der Waals surface area contributed by atoms with E-state index in [1.807, 2.05) is 20.8 Å². The first kappa shape index (κ1) is 19.8. The van der Waals surface area contributed by atoms with E-state index in [-0.39, 0.29) is 41.8 Å². The smallest absolute Gasteiger partial charge is 0.306 e. The number of Topliss-reactive ketones (excluding diaryl/α,β-unsaturated/α-hetero) is 1. The van der Waals surface area contributed by atoms with E-state index in [0.29, 0.717) is 0 Å². The van der Waals surface area contributed by atoms with Gasteiger partial charge in [0.1, 0.15) is 11.4 Å². The van der Waals surface area contributed by atoms with E-state index in [0.717, 1.165) is 25.7 Å². The molecule has 0 aromatic carbocycles. The molecule has 0 aromatic rings. The third-order valence-electron chi connectivity index (χ3n) is 7.09. The molecule has 0 unspecified atom stereocenters. The minimum Gasteiger partial charge on any atom is -0.460 e. The van der Waals surface area contributed by atoms with Crippen LogP contribution in [0.25, 0.3) is 0 Å². The molecule has 0 radical (unpaired) electrons. The van der Waals surface area contributed by atoms with Crippen molar-refractivity contribution in [2.24, 2.45) is 29.1 Å². The second kappa shape index (κ2) is 6.59. The van der Waals surface area contributed by atoms with Crippen molar-refractivity contribution >= 4 is 11.8 Å². The van der Waals surface area contributed by atoms with Crippen LogP contribution in [-0.2, 0) is 14.3 Å². The number of hydrogen-bond acceptors (Lipinski definition) is 5. The molecule has 5 nitrogen and oxygen atoms in total. The Morgan fingerprint density at radius 3 is 2.58 bits per heavy atom. The van der Waals surface area contributed by atoms with Gasteiger partial charge in [-0.05, 0) is 57.8 Å². The van der Waals surface area contributed by atoms with E-state index < -0.39 is 29.7 Å². The molecule has 3 rings (SSSR count). The SMILES string of the molecule is CC(C)(C)OC(=O)C[C@@H]1[C@H]2C(=O)[C@H](C[C@@]3(C)CCCC[C@@H]23)C[C@]1(O)CO. The molecule has 26 heavy (non-hydrogen) atoms. The Bertz CT molecular complexity index is 579. The number of ketones is 1. The summed E-state index contributed by atoms with van der Waals surface area (Å²) in [7, 11) is 0. The summed E-state index contributed by atoms with van der Waals surface area (Å²) in [5, 5.41) is 21.1. The van der Waals surface area contributed by atoms with E-state index in [4.69, 9.17) is 4.74 Å². The topological polar surface area (TPSA) is 83.8 Å². The van der Waals surface area contributed by atoms with Crippen molar-refractivity contribution in [3.05, 3.63) is 0 Å². The summed E-state index contributed by atoms with van der Waals surface area (Å²) in [6, 6.07) is 0. The third kappa shape index (κ3) is 3.45. The van der Waals surface area contributed by atoms with Crippen molar-refractivity contribution in [3.63, 3.8) is 0 Å². The van der Waals surface area contributed by atoms with Crippen LogP contribution in [0.4, 0.5) is 0 Å². The molecule has 2 N–H and O–H groups in total. The number of rotatable bonds is 3. The number of esters is 1. The van der Waals surface area contributed by atoms with Crippen LogP contribution in [0.2, 0.25) is 0 Å². The lowest BCUT2D eigenvalue weighted by atomic mass is 9.46. The Morgan fingerprint density at radius 1 is 1.27 bits per heavy atom. The van der Waals surface area contributed by atoms with Gasteiger partial charge in [-0.25, -0.2) is 0 Å². The second-order valence-corrected chi connectivity index (χ2v) is 10.2. The van der Waals surface area contributed by atoms with Crippen molar-refractivity contribution < 1.29 is 24.5 Å². The van der Waals surface area contributed by atoms with Gasteiger partial charge < -0.3 is 14.9 Å². The molecule has 0 aliphatic heterocycles. The number of aliphatic hydroxyl groups excluding tert-OH is 1. The first-order chi connectivity index (χ1) is 12.0. The third-order valence-corrected chi connectivity index (χ3v) is 7.09. The average Bonchev–Trinajstić information content (AvgIpc) is 2.51. The van der Waals surface area contributed by atoms with Gasteiger partial charge in [-0.2, -0.15) is 0 Å². The maximum atomic E-state index is 13.1. The van der Waals surface area contributed by atoms with Gasteiger partial charge in [0, 0.05) is 17.8 Å². The maximum absolute atomic E-state index is 13.1. The lowest BCUT2D eigenvalue weighted by molar-refractivity contribution is -0.192. The van der Waals surface area contributed by atoms with Crippen LogP contribution in [0, 0.1) is 29.1 Å². The standard InChI is InChI=1S/C21H34O5/c1-19(2,3)26-16(23)9-15-17-14-7-5-6-8-20(14,4)10-13(18(17)24)11-21(15,25)12-22/h13-15,17,22,25H,5-12H2,1-4H3/t13-,14+,15-,17+,20-,21+/m1/s1. The van der Waals surface area contributed by atoms with Crippen molar-refractivity contribution in [3.8, 4) is 0 Å². The van der Waals surface area contributed by atoms with Crippen LogP contribution in [0.1, 0.15) is 72.6 Å². The van der Waals surface area contributed by atoms with E-state index in [1.54, 1.807) is 0 Å². The summed E-state index contributed by atoms with van der Waals surface area (Å²) < 4.78 is 5.47. The van der Waals surface area contributed by atoms with E-state index in [9.17, 15) is 19.8 Å². The zero-order valence-corrected chi connectivity index (χ0v) is 16.6. The van der Waals surface area contributed by atoms with Crippen LogP contribution in [0.15, 0.2) is 0 Å². The van der Waals surface area contributed by atoms with Crippen molar-refractivity contribution in [1.82, 2.24) is 0 Å². The molecule has 3 aliphatic rings. The van der Waals surface area contributed by atoms with Gasteiger partial charge in [0.25, 0.3) is 0 Å². The molecule has 0 saturated heterocycles. The predicted molar refractivity (Wildman–Crippen MR) is 97.3 cm³/mol. The van der Waals surface area contributed by atoms with Crippen molar-refractivity contribution in [2.75, 3.05) is 6.61 Å². The van der Waals surface area contributed by atoms with Crippen LogP contribution in [-0.4, -0.2) is 39.8 Å². The first-order valence-corrected chi connectivity index (χ1v) is 10.1. The van der Waals surface area contributed by atoms with Gasteiger partial charge >= 0.3 is 5.97 Å². The molecule has 0 amide bonds. The summed E-state index contributed by atoms with van der Waals surface area (Å²) >= 11 is 0. The molecule has 148 valence electrons. The van der Waals surface area contributed by atoms with Crippen LogP contribution in [0.5, 0.6) is 0 Å². The normalized spacial score (nSPS) is 42.9. The molecular formula is C21H34O5.